The Morgan fingerprint density at radius 3 is 2.78 bits per heavy atom. The molecule has 3 N–H and O–H groups in total. The molecule has 1 unspecified atom stereocenters. The van der Waals surface area contributed by atoms with E-state index in [0.29, 0.717) is 13.2 Å². The van der Waals surface area contributed by atoms with Gasteiger partial charge in [0.2, 0.25) is 0 Å². The minimum atomic E-state index is -0.653. The summed E-state index contributed by atoms with van der Waals surface area (Å²) in [5, 5.41) is 23.0. The Morgan fingerprint density at radius 1 is 1.39 bits per heavy atom. The summed E-state index contributed by atoms with van der Waals surface area (Å²) in [6, 6.07) is 5.24. The topological polar surface area (TPSA) is 61.7 Å². The summed E-state index contributed by atoms with van der Waals surface area (Å²) in [4.78, 5) is 0. The maximum Gasteiger partial charge on any atom is 0.127 e. The molecule has 0 aliphatic carbocycles. The van der Waals surface area contributed by atoms with Gasteiger partial charge in [0.15, 0.2) is 0 Å². The van der Waals surface area contributed by atoms with Crippen molar-refractivity contribution in [2.45, 2.75) is 38.3 Å². The molecule has 1 aromatic carbocycles. The first kappa shape index (κ1) is 13.2. The van der Waals surface area contributed by atoms with Gasteiger partial charge in [-0.2, -0.15) is 0 Å². The van der Waals surface area contributed by atoms with Crippen LogP contribution in [0.25, 0.3) is 0 Å². The first-order valence-electron chi connectivity index (χ1n) is 6.49. The summed E-state index contributed by atoms with van der Waals surface area (Å²) >= 11 is 0. The first-order chi connectivity index (χ1) is 8.58. The third-order valence-corrected chi connectivity index (χ3v) is 3.77. The highest BCUT2D eigenvalue weighted by atomic mass is 16.5. The number of hydrogen-bond donors (Lipinski definition) is 3. The predicted molar refractivity (Wildman–Crippen MR) is 69.9 cm³/mol. The highest BCUT2D eigenvalue weighted by Gasteiger charge is 2.28. The Balaban J connectivity index is 2.02. The lowest BCUT2D eigenvalue weighted by Crippen LogP contribution is -2.41. The van der Waals surface area contributed by atoms with Crippen LogP contribution >= 0.6 is 0 Å². The van der Waals surface area contributed by atoms with E-state index >= 15 is 0 Å². The fraction of sp³-hybridized carbons (Fsp3) is 0.571. The average Bonchev–Trinajstić information content (AvgIpc) is 2.78. The van der Waals surface area contributed by atoms with E-state index in [4.69, 9.17) is 4.74 Å². The van der Waals surface area contributed by atoms with E-state index < -0.39 is 5.60 Å². The highest BCUT2D eigenvalue weighted by molar-refractivity contribution is 5.44. The SMILES string of the molecule is CCC(O)(CC)CNC1COc2cc(O)ccc21. The number of nitrogens with one attached hydrogen (secondary N) is 1. The van der Waals surface area contributed by atoms with Crippen LogP contribution in [0, 0.1) is 0 Å². The second kappa shape index (κ2) is 5.16. The van der Waals surface area contributed by atoms with Gasteiger partial charge in [-0.15, -0.1) is 0 Å². The Bertz CT molecular complexity index is 416. The second-order valence-corrected chi connectivity index (χ2v) is 4.90. The zero-order valence-corrected chi connectivity index (χ0v) is 10.9. The third-order valence-electron chi connectivity index (χ3n) is 3.77. The second-order valence-electron chi connectivity index (χ2n) is 4.90. The van der Waals surface area contributed by atoms with Crippen LogP contribution in [0.1, 0.15) is 38.3 Å². The molecule has 4 heteroatoms. The van der Waals surface area contributed by atoms with Crippen molar-refractivity contribution < 1.29 is 14.9 Å². The number of phenolic OH excluding ortho intramolecular Hbond substituents is 1. The lowest BCUT2D eigenvalue weighted by atomic mass is 9.96. The Hall–Kier alpha value is -1.26. The van der Waals surface area contributed by atoms with E-state index in [1.807, 2.05) is 19.9 Å². The van der Waals surface area contributed by atoms with Gasteiger partial charge in [-0.3, -0.25) is 0 Å². The fourth-order valence-corrected chi connectivity index (χ4v) is 2.18. The quantitative estimate of drug-likeness (QED) is 0.748. The normalized spacial score (nSPS) is 18.5. The molecule has 1 aliphatic rings. The molecule has 0 spiro atoms. The maximum atomic E-state index is 10.2. The molecular formula is C14H21NO3. The molecule has 0 saturated carbocycles. The van der Waals surface area contributed by atoms with Crippen molar-refractivity contribution in [2.75, 3.05) is 13.2 Å². The van der Waals surface area contributed by atoms with Crippen molar-refractivity contribution in [1.29, 1.82) is 0 Å². The van der Waals surface area contributed by atoms with Crippen molar-refractivity contribution in [3.63, 3.8) is 0 Å². The molecule has 4 nitrogen and oxygen atoms in total. The smallest absolute Gasteiger partial charge is 0.127 e. The number of aromatic hydroxyl groups is 1. The molecule has 0 saturated heterocycles. The van der Waals surface area contributed by atoms with Gasteiger partial charge in [0.05, 0.1) is 11.6 Å². The first-order valence-corrected chi connectivity index (χ1v) is 6.49. The van der Waals surface area contributed by atoms with Crippen LogP contribution < -0.4 is 10.1 Å². The van der Waals surface area contributed by atoms with Crippen molar-refractivity contribution >= 4 is 0 Å². The minimum Gasteiger partial charge on any atom is -0.508 e. The number of ether oxygens (including phenoxy) is 1. The minimum absolute atomic E-state index is 0.0882. The van der Waals surface area contributed by atoms with Gasteiger partial charge < -0.3 is 20.3 Å². The molecule has 1 aliphatic heterocycles. The number of hydrogen-bond acceptors (Lipinski definition) is 4. The lowest BCUT2D eigenvalue weighted by molar-refractivity contribution is 0.0292. The Labute approximate surface area is 108 Å². The number of benzene rings is 1. The molecule has 100 valence electrons. The maximum absolute atomic E-state index is 10.2. The molecule has 1 aromatic rings. The fourth-order valence-electron chi connectivity index (χ4n) is 2.18. The van der Waals surface area contributed by atoms with Gasteiger partial charge in [0, 0.05) is 18.2 Å². The molecule has 0 radical (unpaired) electrons. The largest absolute Gasteiger partial charge is 0.508 e. The monoisotopic (exact) mass is 251 g/mol. The van der Waals surface area contributed by atoms with Gasteiger partial charge in [-0.05, 0) is 25.0 Å². The van der Waals surface area contributed by atoms with Crippen LogP contribution in [0.15, 0.2) is 18.2 Å². The van der Waals surface area contributed by atoms with Crippen LogP contribution in [0.2, 0.25) is 0 Å². The number of fused-ring (bicyclic) bond motifs is 1. The van der Waals surface area contributed by atoms with E-state index in [2.05, 4.69) is 5.32 Å². The van der Waals surface area contributed by atoms with Crippen molar-refractivity contribution in [3.8, 4) is 11.5 Å². The molecular weight excluding hydrogens is 230 g/mol. The molecule has 1 atom stereocenters. The predicted octanol–water partition coefficient (Wildman–Crippen LogP) is 1.97. The van der Waals surface area contributed by atoms with Gasteiger partial charge in [-0.25, -0.2) is 0 Å². The van der Waals surface area contributed by atoms with Crippen LogP contribution in [0.3, 0.4) is 0 Å². The summed E-state index contributed by atoms with van der Waals surface area (Å²) < 4.78 is 5.52. The Morgan fingerprint density at radius 2 is 2.11 bits per heavy atom. The van der Waals surface area contributed by atoms with Crippen LogP contribution in [-0.4, -0.2) is 29.0 Å². The van der Waals surface area contributed by atoms with E-state index in [-0.39, 0.29) is 11.8 Å². The van der Waals surface area contributed by atoms with Crippen LogP contribution in [0.5, 0.6) is 11.5 Å². The summed E-state index contributed by atoms with van der Waals surface area (Å²) in [5.41, 5.74) is 0.391. The molecule has 18 heavy (non-hydrogen) atoms. The summed E-state index contributed by atoms with van der Waals surface area (Å²) in [6.07, 6.45) is 1.46. The van der Waals surface area contributed by atoms with E-state index in [1.165, 1.54) is 0 Å². The van der Waals surface area contributed by atoms with Crippen LogP contribution in [-0.2, 0) is 0 Å². The molecule has 0 aromatic heterocycles. The summed E-state index contributed by atoms with van der Waals surface area (Å²) in [7, 11) is 0. The zero-order valence-electron chi connectivity index (χ0n) is 10.9. The van der Waals surface area contributed by atoms with Gasteiger partial charge in [0.25, 0.3) is 0 Å². The highest BCUT2D eigenvalue weighted by Crippen LogP contribution is 2.35. The lowest BCUT2D eigenvalue weighted by Gasteiger charge is -2.27. The third kappa shape index (κ3) is 2.60. The van der Waals surface area contributed by atoms with Crippen LogP contribution in [0.4, 0.5) is 0 Å². The molecule has 0 fully saturated rings. The van der Waals surface area contributed by atoms with Crippen molar-refractivity contribution in [3.05, 3.63) is 23.8 Å². The number of rotatable bonds is 5. The van der Waals surface area contributed by atoms with E-state index in [0.717, 1.165) is 24.2 Å². The molecule has 0 amide bonds. The Kier molecular flexibility index (Phi) is 3.78. The van der Waals surface area contributed by atoms with Gasteiger partial charge >= 0.3 is 0 Å². The zero-order chi connectivity index (χ0) is 13.2. The number of aliphatic hydroxyl groups is 1. The standard InChI is InChI=1S/C14H21NO3/c1-3-14(17,4-2)9-15-12-8-18-13-7-10(16)5-6-11(12)13/h5-7,12,15-17H,3-4,8-9H2,1-2H3. The van der Waals surface area contributed by atoms with E-state index in [1.54, 1.807) is 12.1 Å². The van der Waals surface area contributed by atoms with Crippen molar-refractivity contribution in [1.82, 2.24) is 5.32 Å². The summed E-state index contributed by atoms with van der Waals surface area (Å²) in [6.45, 7) is 5.07. The van der Waals surface area contributed by atoms with Crippen molar-refractivity contribution in [2.24, 2.45) is 0 Å². The van der Waals surface area contributed by atoms with Gasteiger partial charge in [-0.1, -0.05) is 13.8 Å². The number of phenols is 1. The van der Waals surface area contributed by atoms with Gasteiger partial charge in [0.1, 0.15) is 18.1 Å². The summed E-state index contributed by atoms with van der Waals surface area (Å²) in [5.74, 6) is 0.942. The molecule has 0 bridgehead atoms. The molecule has 2 rings (SSSR count). The molecule has 1 heterocycles. The average molecular weight is 251 g/mol. The van der Waals surface area contributed by atoms with E-state index in [9.17, 15) is 10.2 Å².